The molecule has 88 valence electrons. The van der Waals surface area contributed by atoms with Crippen LogP contribution in [0.3, 0.4) is 0 Å². The molecule has 3 unspecified atom stereocenters. The lowest BCUT2D eigenvalue weighted by Crippen LogP contribution is -2.43. The van der Waals surface area contributed by atoms with Crippen molar-refractivity contribution in [3.63, 3.8) is 0 Å². The number of hydrogen-bond acceptors (Lipinski definition) is 3. The van der Waals surface area contributed by atoms with Crippen LogP contribution in [0.1, 0.15) is 47.0 Å². The van der Waals surface area contributed by atoms with Crippen molar-refractivity contribution in [2.24, 2.45) is 17.1 Å². The average molecular weight is 213 g/mol. The van der Waals surface area contributed by atoms with Crippen LogP contribution in [0.2, 0.25) is 0 Å². The van der Waals surface area contributed by atoms with E-state index in [0.29, 0.717) is 5.92 Å². The number of carbonyl (C=O) groups excluding carboxylic acids is 1. The summed E-state index contributed by atoms with van der Waals surface area (Å²) in [5.41, 5.74) is 5.51. The van der Waals surface area contributed by atoms with Gasteiger partial charge in [0.05, 0.1) is 5.41 Å². The molecule has 0 amide bonds. The van der Waals surface area contributed by atoms with Crippen molar-refractivity contribution in [3.8, 4) is 0 Å². The van der Waals surface area contributed by atoms with Crippen molar-refractivity contribution in [1.82, 2.24) is 0 Å². The zero-order valence-electron chi connectivity index (χ0n) is 10.2. The van der Waals surface area contributed by atoms with Gasteiger partial charge in [0.2, 0.25) is 0 Å². The fraction of sp³-hybridized carbons (Fsp3) is 0.917. The van der Waals surface area contributed by atoms with Gasteiger partial charge < -0.3 is 10.5 Å². The predicted molar refractivity (Wildman–Crippen MR) is 60.3 cm³/mol. The third-order valence-electron chi connectivity index (χ3n) is 3.73. The highest BCUT2D eigenvalue weighted by molar-refractivity contribution is 5.78. The quantitative estimate of drug-likeness (QED) is 0.730. The molecular formula is C12H23NO2. The van der Waals surface area contributed by atoms with Gasteiger partial charge in [0.1, 0.15) is 6.10 Å². The van der Waals surface area contributed by atoms with Crippen LogP contribution in [0, 0.1) is 11.3 Å². The Morgan fingerprint density at radius 2 is 2.07 bits per heavy atom. The van der Waals surface area contributed by atoms with E-state index in [4.69, 9.17) is 10.5 Å². The fourth-order valence-electron chi connectivity index (χ4n) is 1.89. The standard InChI is InChI=1S/C12H23NO2/c1-8(2)9(3)15-11(14)12(4)7-5-6-10(12)13/h8-10H,5-7,13H2,1-4H3. The van der Waals surface area contributed by atoms with Gasteiger partial charge in [0.15, 0.2) is 0 Å². The van der Waals surface area contributed by atoms with Gasteiger partial charge in [0, 0.05) is 6.04 Å². The zero-order valence-corrected chi connectivity index (χ0v) is 10.2. The molecule has 2 N–H and O–H groups in total. The van der Waals surface area contributed by atoms with Crippen LogP contribution in [0.25, 0.3) is 0 Å². The van der Waals surface area contributed by atoms with Gasteiger partial charge in [-0.3, -0.25) is 4.79 Å². The van der Waals surface area contributed by atoms with Crippen LogP contribution in [-0.2, 0) is 9.53 Å². The number of rotatable bonds is 3. The summed E-state index contributed by atoms with van der Waals surface area (Å²) in [6.45, 7) is 7.97. The summed E-state index contributed by atoms with van der Waals surface area (Å²) in [5, 5.41) is 0. The van der Waals surface area contributed by atoms with Crippen LogP contribution < -0.4 is 5.73 Å². The molecule has 0 aromatic rings. The Bertz CT molecular complexity index is 240. The molecule has 0 aromatic carbocycles. The maximum Gasteiger partial charge on any atom is 0.313 e. The molecule has 3 atom stereocenters. The van der Waals surface area contributed by atoms with E-state index in [1.54, 1.807) is 0 Å². The summed E-state index contributed by atoms with van der Waals surface area (Å²) in [5.74, 6) is 0.240. The smallest absolute Gasteiger partial charge is 0.313 e. The average Bonchev–Trinajstić information content (AvgIpc) is 2.48. The highest BCUT2D eigenvalue weighted by Gasteiger charge is 2.44. The van der Waals surface area contributed by atoms with E-state index >= 15 is 0 Å². The normalized spacial score (nSPS) is 33.1. The van der Waals surface area contributed by atoms with Crippen molar-refractivity contribution >= 4 is 5.97 Å². The second kappa shape index (κ2) is 4.52. The fourth-order valence-corrected chi connectivity index (χ4v) is 1.89. The maximum atomic E-state index is 12.0. The third-order valence-corrected chi connectivity index (χ3v) is 3.73. The van der Waals surface area contributed by atoms with Crippen molar-refractivity contribution in [3.05, 3.63) is 0 Å². The number of esters is 1. The van der Waals surface area contributed by atoms with Gasteiger partial charge in [-0.1, -0.05) is 20.3 Å². The van der Waals surface area contributed by atoms with Crippen molar-refractivity contribution < 1.29 is 9.53 Å². The largest absolute Gasteiger partial charge is 0.462 e. The van der Waals surface area contributed by atoms with Gasteiger partial charge in [-0.25, -0.2) is 0 Å². The first-order valence-electron chi connectivity index (χ1n) is 5.84. The lowest BCUT2D eigenvalue weighted by Gasteiger charge is -2.29. The summed E-state index contributed by atoms with van der Waals surface area (Å²) in [6.07, 6.45) is 2.80. The molecule has 0 heterocycles. The second-order valence-corrected chi connectivity index (χ2v) is 5.27. The first kappa shape index (κ1) is 12.5. The second-order valence-electron chi connectivity index (χ2n) is 5.27. The predicted octanol–water partition coefficient (Wildman–Crippen LogP) is 2.09. The van der Waals surface area contributed by atoms with Gasteiger partial charge in [-0.2, -0.15) is 0 Å². The van der Waals surface area contributed by atoms with E-state index in [2.05, 4.69) is 13.8 Å². The molecule has 0 spiro atoms. The Hall–Kier alpha value is -0.570. The molecule has 3 nitrogen and oxygen atoms in total. The molecule has 1 aliphatic carbocycles. The van der Waals surface area contributed by atoms with E-state index in [1.807, 2.05) is 13.8 Å². The molecule has 0 bridgehead atoms. The highest BCUT2D eigenvalue weighted by Crippen LogP contribution is 2.38. The summed E-state index contributed by atoms with van der Waals surface area (Å²) < 4.78 is 5.45. The Kier molecular flexibility index (Phi) is 3.77. The molecule has 0 radical (unpaired) electrons. The van der Waals surface area contributed by atoms with Crippen LogP contribution in [0.5, 0.6) is 0 Å². The van der Waals surface area contributed by atoms with Crippen LogP contribution in [0.15, 0.2) is 0 Å². The van der Waals surface area contributed by atoms with Gasteiger partial charge in [0.25, 0.3) is 0 Å². The Morgan fingerprint density at radius 1 is 1.47 bits per heavy atom. The van der Waals surface area contributed by atoms with Gasteiger partial charge >= 0.3 is 5.97 Å². The molecule has 15 heavy (non-hydrogen) atoms. The monoisotopic (exact) mass is 213 g/mol. The van der Waals surface area contributed by atoms with Crippen LogP contribution in [-0.4, -0.2) is 18.1 Å². The van der Waals surface area contributed by atoms with E-state index in [1.165, 1.54) is 0 Å². The lowest BCUT2D eigenvalue weighted by atomic mass is 9.85. The zero-order chi connectivity index (χ0) is 11.6. The van der Waals surface area contributed by atoms with E-state index in [9.17, 15) is 4.79 Å². The molecule has 1 fully saturated rings. The van der Waals surface area contributed by atoms with Crippen molar-refractivity contribution in [2.45, 2.75) is 59.1 Å². The Morgan fingerprint density at radius 3 is 2.47 bits per heavy atom. The van der Waals surface area contributed by atoms with Gasteiger partial charge in [-0.05, 0) is 32.6 Å². The first-order valence-corrected chi connectivity index (χ1v) is 5.84. The molecule has 1 saturated carbocycles. The first-order chi connectivity index (χ1) is 6.88. The molecule has 1 rings (SSSR count). The molecule has 0 saturated heterocycles. The minimum Gasteiger partial charge on any atom is -0.462 e. The minimum atomic E-state index is -0.455. The highest BCUT2D eigenvalue weighted by atomic mass is 16.5. The topological polar surface area (TPSA) is 52.3 Å². The number of ether oxygens (including phenoxy) is 1. The third kappa shape index (κ3) is 2.51. The van der Waals surface area contributed by atoms with Gasteiger partial charge in [-0.15, -0.1) is 0 Å². The molecule has 0 aromatic heterocycles. The summed E-state index contributed by atoms with van der Waals surface area (Å²) in [7, 11) is 0. The molecule has 3 heteroatoms. The van der Waals surface area contributed by atoms with Crippen LogP contribution >= 0.6 is 0 Å². The van der Waals surface area contributed by atoms with E-state index in [-0.39, 0.29) is 18.1 Å². The summed E-state index contributed by atoms with van der Waals surface area (Å²) in [4.78, 5) is 12.0. The Balaban J connectivity index is 2.60. The van der Waals surface area contributed by atoms with Crippen molar-refractivity contribution in [2.75, 3.05) is 0 Å². The molecule has 0 aliphatic heterocycles. The maximum absolute atomic E-state index is 12.0. The number of nitrogens with two attached hydrogens (primary N) is 1. The summed E-state index contributed by atoms with van der Waals surface area (Å²) >= 11 is 0. The van der Waals surface area contributed by atoms with Crippen molar-refractivity contribution in [1.29, 1.82) is 0 Å². The molecule has 1 aliphatic rings. The molecular weight excluding hydrogens is 190 g/mol. The summed E-state index contributed by atoms with van der Waals surface area (Å²) in [6, 6.07) is -0.0376. The van der Waals surface area contributed by atoms with E-state index < -0.39 is 5.41 Å². The van der Waals surface area contributed by atoms with E-state index in [0.717, 1.165) is 19.3 Å². The lowest BCUT2D eigenvalue weighted by molar-refractivity contribution is -0.162. The van der Waals surface area contributed by atoms with Crippen LogP contribution in [0.4, 0.5) is 0 Å². The number of hydrogen-bond donors (Lipinski definition) is 1. The minimum absolute atomic E-state index is 0.0258. The Labute approximate surface area is 92.4 Å². The number of carbonyl (C=O) groups is 1. The SMILES string of the molecule is CC(C)C(C)OC(=O)C1(C)CCCC1N.